The van der Waals surface area contributed by atoms with Crippen molar-refractivity contribution in [3.63, 3.8) is 0 Å². The number of anilines is 1. The normalized spacial score (nSPS) is 22.3. The van der Waals surface area contributed by atoms with Gasteiger partial charge in [-0.2, -0.15) is 0 Å². The summed E-state index contributed by atoms with van der Waals surface area (Å²) >= 11 is 5.75. The van der Waals surface area contributed by atoms with Gasteiger partial charge in [0.05, 0.1) is 17.5 Å². The van der Waals surface area contributed by atoms with E-state index >= 15 is 0 Å². The van der Waals surface area contributed by atoms with Crippen LogP contribution in [0.2, 0.25) is 5.02 Å². The summed E-state index contributed by atoms with van der Waals surface area (Å²) in [6.45, 7) is 0. The minimum atomic E-state index is -0.976. The zero-order chi connectivity index (χ0) is 14.7. The van der Waals surface area contributed by atoms with Crippen LogP contribution in [0.1, 0.15) is 25.7 Å². The number of nitrogens with one attached hydrogen (secondary N) is 1. The quantitative estimate of drug-likeness (QED) is 0.900. The maximum atomic E-state index is 13.6. The van der Waals surface area contributed by atoms with Crippen LogP contribution in [-0.4, -0.2) is 17.0 Å². The highest BCUT2D eigenvalue weighted by molar-refractivity contribution is 6.30. The second-order valence-electron chi connectivity index (χ2n) is 4.95. The molecule has 1 fully saturated rings. The summed E-state index contributed by atoms with van der Waals surface area (Å²) in [5.74, 6) is -3.36. The lowest BCUT2D eigenvalue weighted by atomic mass is 9.78. The molecule has 2 unspecified atom stereocenters. The van der Waals surface area contributed by atoms with Crippen molar-refractivity contribution < 1.29 is 19.1 Å². The number of aliphatic carboxylic acids is 1. The highest BCUT2D eigenvalue weighted by Gasteiger charge is 2.35. The average molecular weight is 300 g/mol. The molecule has 2 rings (SSSR count). The van der Waals surface area contributed by atoms with Crippen LogP contribution in [0, 0.1) is 17.7 Å². The fourth-order valence-corrected chi connectivity index (χ4v) is 2.73. The first-order valence-corrected chi connectivity index (χ1v) is 6.85. The van der Waals surface area contributed by atoms with Gasteiger partial charge in [0.1, 0.15) is 5.82 Å². The molecule has 20 heavy (non-hydrogen) atoms. The Labute approximate surface area is 120 Å². The molecular formula is C14H15ClFNO3. The van der Waals surface area contributed by atoms with Crippen molar-refractivity contribution in [3.8, 4) is 0 Å². The molecule has 2 atom stereocenters. The summed E-state index contributed by atoms with van der Waals surface area (Å²) in [7, 11) is 0. The van der Waals surface area contributed by atoms with Crippen molar-refractivity contribution in [2.45, 2.75) is 25.7 Å². The second kappa shape index (κ2) is 6.22. The molecule has 0 radical (unpaired) electrons. The van der Waals surface area contributed by atoms with Crippen molar-refractivity contribution in [2.24, 2.45) is 11.8 Å². The molecule has 6 heteroatoms. The minimum absolute atomic E-state index is 0.0165. The Morgan fingerprint density at radius 1 is 1.25 bits per heavy atom. The van der Waals surface area contributed by atoms with E-state index in [0.29, 0.717) is 17.9 Å². The third kappa shape index (κ3) is 3.28. The third-order valence-electron chi connectivity index (χ3n) is 3.61. The summed E-state index contributed by atoms with van der Waals surface area (Å²) in [4.78, 5) is 23.3. The molecule has 0 saturated heterocycles. The SMILES string of the molecule is O=C(O)C1CCCCC1C(=O)Nc1cc(Cl)ccc1F. The van der Waals surface area contributed by atoms with Gasteiger partial charge < -0.3 is 10.4 Å². The maximum Gasteiger partial charge on any atom is 0.307 e. The summed E-state index contributed by atoms with van der Waals surface area (Å²) < 4.78 is 13.6. The predicted octanol–water partition coefficient (Wildman–Crippen LogP) is 3.31. The first-order chi connectivity index (χ1) is 9.49. The van der Waals surface area contributed by atoms with E-state index in [1.807, 2.05) is 0 Å². The van der Waals surface area contributed by atoms with Gasteiger partial charge in [-0.25, -0.2) is 4.39 Å². The second-order valence-corrected chi connectivity index (χ2v) is 5.39. The van der Waals surface area contributed by atoms with Crippen molar-refractivity contribution in [3.05, 3.63) is 29.0 Å². The molecule has 108 valence electrons. The summed E-state index contributed by atoms with van der Waals surface area (Å²) in [6.07, 6.45) is 2.59. The number of halogens is 2. The standard InChI is InChI=1S/C14H15ClFNO3/c15-8-5-6-11(16)12(7-8)17-13(18)9-3-1-2-4-10(9)14(19)20/h5-7,9-10H,1-4H2,(H,17,18)(H,19,20). The van der Waals surface area contributed by atoms with Crippen LogP contribution in [0.25, 0.3) is 0 Å². The summed E-state index contributed by atoms with van der Waals surface area (Å²) in [5, 5.41) is 11.9. The highest BCUT2D eigenvalue weighted by atomic mass is 35.5. The Balaban J connectivity index is 2.14. The summed E-state index contributed by atoms with van der Waals surface area (Å²) in [5.41, 5.74) is -0.0165. The molecule has 1 aliphatic rings. The minimum Gasteiger partial charge on any atom is -0.481 e. The van der Waals surface area contributed by atoms with E-state index in [1.165, 1.54) is 12.1 Å². The lowest BCUT2D eigenvalue weighted by Crippen LogP contribution is -2.36. The Morgan fingerprint density at radius 2 is 1.90 bits per heavy atom. The molecule has 1 aliphatic carbocycles. The van der Waals surface area contributed by atoms with Gasteiger partial charge in [0.2, 0.25) is 5.91 Å². The Hall–Kier alpha value is -1.62. The maximum absolute atomic E-state index is 13.6. The molecule has 1 aromatic carbocycles. The molecule has 0 aromatic heterocycles. The van der Waals surface area contributed by atoms with Crippen molar-refractivity contribution in [1.29, 1.82) is 0 Å². The van der Waals surface area contributed by atoms with Crippen molar-refractivity contribution in [2.75, 3.05) is 5.32 Å². The van der Waals surface area contributed by atoms with E-state index in [0.717, 1.165) is 18.9 Å². The Bertz CT molecular complexity index is 535. The number of carboxylic acids is 1. The Kier molecular flexibility index (Phi) is 4.60. The van der Waals surface area contributed by atoms with Gasteiger partial charge in [0.15, 0.2) is 0 Å². The number of hydrogen-bond donors (Lipinski definition) is 2. The Morgan fingerprint density at radius 3 is 2.55 bits per heavy atom. The van der Waals surface area contributed by atoms with Gasteiger partial charge in [-0.15, -0.1) is 0 Å². The number of amides is 1. The number of carboxylic acid groups (broad SMARTS) is 1. The van der Waals surface area contributed by atoms with Crippen LogP contribution >= 0.6 is 11.6 Å². The van der Waals surface area contributed by atoms with Gasteiger partial charge >= 0.3 is 5.97 Å². The fourth-order valence-electron chi connectivity index (χ4n) is 2.56. The molecule has 1 amide bonds. The molecule has 4 nitrogen and oxygen atoms in total. The highest BCUT2D eigenvalue weighted by Crippen LogP contribution is 2.31. The number of benzene rings is 1. The van der Waals surface area contributed by atoms with Crippen LogP contribution in [0.4, 0.5) is 10.1 Å². The van der Waals surface area contributed by atoms with E-state index in [4.69, 9.17) is 16.7 Å². The molecule has 1 saturated carbocycles. The molecule has 1 aromatic rings. The van der Waals surface area contributed by atoms with E-state index < -0.39 is 29.5 Å². The smallest absolute Gasteiger partial charge is 0.307 e. The largest absolute Gasteiger partial charge is 0.481 e. The predicted molar refractivity (Wildman–Crippen MR) is 73.1 cm³/mol. The van der Waals surface area contributed by atoms with Gasteiger partial charge in [0.25, 0.3) is 0 Å². The third-order valence-corrected chi connectivity index (χ3v) is 3.84. The van der Waals surface area contributed by atoms with Crippen LogP contribution in [-0.2, 0) is 9.59 Å². The van der Waals surface area contributed by atoms with Gasteiger partial charge in [-0.3, -0.25) is 9.59 Å². The number of hydrogen-bond acceptors (Lipinski definition) is 2. The summed E-state index contributed by atoms with van der Waals surface area (Å²) in [6, 6.07) is 3.86. The molecule has 2 N–H and O–H groups in total. The van der Waals surface area contributed by atoms with Crippen LogP contribution in [0.3, 0.4) is 0 Å². The molecular weight excluding hydrogens is 285 g/mol. The van der Waals surface area contributed by atoms with Gasteiger partial charge in [0, 0.05) is 5.02 Å². The lowest BCUT2D eigenvalue weighted by molar-refractivity contribution is -0.147. The van der Waals surface area contributed by atoms with Crippen LogP contribution in [0.15, 0.2) is 18.2 Å². The number of rotatable bonds is 3. The van der Waals surface area contributed by atoms with E-state index in [-0.39, 0.29) is 5.69 Å². The van der Waals surface area contributed by atoms with Gasteiger partial charge in [-0.1, -0.05) is 24.4 Å². The van der Waals surface area contributed by atoms with Crippen molar-refractivity contribution >= 4 is 29.2 Å². The van der Waals surface area contributed by atoms with E-state index in [2.05, 4.69) is 5.32 Å². The lowest BCUT2D eigenvalue weighted by Gasteiger charge is -2.27. The van der Waals surface area contributed by atoms with E-state index in [9.17, 15) is 14.0 Å². The van der Waals surface area contributed by atoms with Crippen LogP contribution < -0.4 is 5.32 Å². The zero-order valence-corrected chi connectivity index (χ0v) is 11.5. The number of carbonyl (C=O) groups excluding carboxylic acids is 1. The average Bonchev–Trinajstić information content (AvgIpc) is 2.42. The van der Waals surface area contributed by atoms with Crippen LogP contribution in [0.5, 0.6) is 0 Å². The molecule has 0 bridgehead atoms. The molecule has 0 aliphatic heterocycles. The fraction of sp³-hybridized carbons (Fsp3) is 0.429. The molecule has 0 spiro atoms. The first kappa shape index (κ1) is 14.8. The van der Waals surface area contributed by atoms with Gasteiger partial charge in [-0.05, 0) is 31.0 Å². The monoisotopic (exact) mass is 299 g/mol. The van der Waals surface area contributed by atoms with E-state index in [1.54, 1.807) is 0 Å². The van der Waals surface area contributed by atoms with Crippen molar-refractivity contribution in [1.82, 2.24) is 0 Å². The first-order valence-electron chi connectivity index (χ1n) is 6.48. The topological polar surface area (TPSA) is 66.4 Å². The molecule has 0 heterocycles. The zero-order valence-electron chi connectivity index (χ0n) is 10.7. The number of carbonyl (C=O) groups is 2.